The second kappa shape index (κ2) is 8.61. The molecule has 1 aliphatic rings. The van der Waals surface area contributed by atoms with Crippen LogP contribution in [0, 0.1) is 5.82 Å². The van der Waals surface area contributed by atoms with Crippen molar-refractivity contribution in [1.29, 1.82) is 0 Å². The van der Waals surface area contributed by atoms with Crippen molar-refractivity contribution < 1.29 is 13.5 Å². The number of ether oxygens (including phenoxy) is 1. The Kier molecular flexibility index (Phi) is 5.37. The van der Waals surface area contributed by atoms with Gasteiger partial charge in [-0.25, -0.2) is 4.39 Å². The fourth-order valence-electron chi connectivity index (χ4n) is 3.14. The highest BCUT2D eigenvalue weighted by Gasteiger charge is 2.23. The molecule has 1 unspecified atom stereocenters. The van der Waals surface area contributed by atoms with Gasteiger partial charge in [0.1, 0.15) is 11.6 Å². The van der Waals surface area contributed by atoms with Gasteiger partial charge in [-0.3, -0.25) is 0 Å². The molecule has 0 amide bonds. The molecule has 3 heterocycles. The zero-order valence-electron chi connectivity index (χ0n) is 16.2. The van der Waals surface area contributed by atoms with E-state index >= 15 is 0 Å². The molecular weight excluding hydrogens is 415 g/mol. The maximum Gasteiger partial charge on any atom is 0.247 e. The SMILES string of the molecule is Fc1ccccc1CSc1nnc2c(n1)OC(/C=C/c1ccco1)Nc1ccccc1-2. The Morgan fingerprint density at radius 1 is 1.03 bits per heavy atom. The number of rotatable bonds is 5. The van der Waals surface area contributed by atoms with Gasteiger partial charge >= 0.3 is 0 Å². The van der Waals surface area contributed by atoms with E-state index in [1.807, 2.05) is 48.6 Å². The monoisotopic (exact) mass is 432 g/mol. The molecule has 1 atom stereocenters. The minimum absolute atomic E-state index is 0.254. The van der Waals surface area contributed by atoms with Gasteiger partial charge in [-0.2, -0.15) is 4.98 Å². The number of fused-ring (bicyclic) bond motifs is 3. The van der Waals surface area contributed by atoms with Crippen molar-refractivity contribution in [2.24, 2.45) is 0 Å². The topological polar surface area (TPSA) is 73.1 Å². The Bertz CT molecular complexity index is 1230. The highest BCUT2D eigenvalue weighted by atomic mass is 32.2. The summed E-state index contributed by atoms with van der Waals surface area (Å²) >= 11 is 1.30. The van der Waals surface area contributed by atoms with Gasteiger partial charge in [0.2, 0.25) is 11.0 Å². The van der Waals surface area contributed by atoms with Crippen LogP contribution in [0.15, 0.2) is 82.6 Å². The van der Waals surface area contributed by atoms with Crippen LogP contribution in [0.4, 0.5) is 10.1 Å². The van der Waals surface area contributed by atoms with E-state index in [0.717, 1.165) is 11.3 Å². The molecule has 8 heteroatoms. The van der Waals surface area contributed by atoms with Gasteiger partial charge in [-0.15, -0.1) is 10.2 Å². The Labute approximate surface area is 182 Å². The Morgan fingerprint density at radius 2 is 1.90 bits per heavy atom. The van der Waals surface area contributed by atoms with Crippen molar-refractivity contribution >= 4 is 23.5 Å². The van der Waals surface area contributed by atoms with Crippen LogP contribution in [0.2, 0.25) is 0 Å². The van der Waals surface area contributed by atoms with E-state index in [1.165, 1.54) is 17.8 Å². The molecule has 0 aliphatic carbocycles. The zero-order chi connectivity index (χ0) is 21.0. The third kappa shape index (κ3) is 4.29. The molecule has 0 saturated heterocycles. The van der Waals surface area contributed by atoms with Crippen LogP contribution in [-0.4, -0.2) is 21.4 Å². The summed E-state index contributed by atoms with van der Waals surface area (Å²) in [6.07, 6.45) is 4.79. The van der Waals surface area contributed by atoms with E-state index in [9.17, 15) is 4.39 Å². The van der Waals surface area contributed by atoms with E-state index in [2.05, 4.69) is 20.5 Å². The third-order valence-corrected chi connectivity index (χ3v) is 5.53. The summed E-state index contributed by atoms with van der Waals surface area (Å²) in [5.41, 5.74) is 2.83. The van der Waals surface area contributed by atoms with E-state index in [4.69, 9.17) is 9.15 Å². The van der Waals surface area contributed by atoms with Gasteiger partial charge < -0.3 is 14.5 Å². The maximum atomic E-state index is 13.9. The minimum atomic E-state index is -0.492. The van der Waals surface area contributed by atoms with Crippen LogP contribution in [0.25, 0.3) is 17.3 Å². The van der Waals surface area contributed by atoms with Crippen molar-refractivity contribution in [3.63, 3.8) is 0 Å². The molecule has 5 rings (SSSR count). The summed E-state index contributed by atoms with van der Waals surface area (Å²) in [5, 5.41) is 12.3. The van der Waals surface area contributed by atoms with Crippen molar-refractivity contribution in [3.05, 3.63) is 90.1 Å². The molecule has 1 aliphatic heterocycles. The summed E-state index contributed by atoms with van der Waals surface area (Å²) in [7, 11) is 0. The first-order valence-electron chi connectivity index (χ1n) is 9.61. The summed E-state index contributed by atoms with van der Waals surface area (Å²) < 4.78 is 25.4. The second-order valence-corrected chi connectivity index (χ2v) is 7.67. The van der Waals surface area contributed by atoms with Crippen molar-refractivity contribution in [1.82, 2.24) is 15.2 Å². The number of nitrogens with zero attached hydrogens (tertiary/aromatic N) is 3. The predicted octanol–water partition coefficient (Wildman–Crippen LogP) is 5.41. The van der Waals surface area contributed by atoms with Crippen LogP contribution in [-0.2, 0) is 5.75 Å². The van der Waals surface area contributed by atoms with Crippen LogP contribution < -0.4 is 10.1 Å². The summed E-state index contributed by atoms with van der Waals surface area (Å²) in [6, 6.07) is 18.1. The summed E-state index contributed by atoms with van der Waals surface area (Å²) in [4.78, 5) is 4.56. The van der Waals surface area contributed by atoms with Crippen LogP contribution >= 0.6 is 11.8 Å². The average molecular weight is 432 g/mol. The first-order valence-corrected chi connectivity index (χ1v) is 10.6. The number of halogens is 1. The number of aromatic nitrogens is 3. The zero-order valence-corrected chi connectivity index (χ0v) is 17.1. The molecule has 31 heavy (non-hydrogen) atoms. The number of furan rings is 1. The summed E-state index contributed by atoms with van der Waals surface area (Å²) in [6.45, 7) is 0. The van der Waals surface area contributed by atoms with Crippen molar-refractivity contribution in [3.8, 4) is 17.1 Å². The molecule has 1 N–H and O–H groups in total. The minimum Gasteiger partial charge on any atom is -0.465 e. The van der Waals surface area contributed by atoms with Crippen molar-refractivity contribution in [2.45, 2.75) is 17.1 Å². The molecule has 2 aromatic heterocycles. The summed E-state index contributed by atoms with van der Waals surface area (Å²) in [5.74, 6) is 1.21. The molecule has 0 radical (unpaired) electrons. The van der Waals surface area contributed by atoms with Crippen molar-refractivity contribution in [2.75, 3.05) is 5.32 Å². The van der Waals surface area contributed by atoms with Gasteiger partial charge in [0.05, 0.1) is 6.26 Å². The molecule has 154 valence electrons. The number of thioether (sulfide) groups is 1. The predicted molar refractivity (Wildman–Crippen MR) is 117 cm³/mol. The number of hydrogen-bond donors (Lipinski definition) is 1. The number of benzene rings is 2. The fourth-order valence-corrected chi connectivity index (χ4v) is 3.91. The first kappa shape index (κ1) is 19.3. The highest BCUT2D eigenvalue weighted by molar-refractivity contribution is 7.98. The molecule has 2 aromatic carbocycles. The lowest BCUT2D eigenvalue weighted by Gasteiger charge is -2.15. The Hall–Kier alpha value is -3.65. The first-order chi connectivity index (χ1) is 15.3. The Balaban J connectivity index is 1.44. The average Bonchev–Trinajstić information content (AvgIpc) is 3.26. The molecule has 0 spiro atoms. The molecule has 4 aromatic rings. The molecule has 0 fully saturated rings. The van der Waals surface area contributed by atoms with Gasteiger partial charge in [-0.05, 0) is 42.0 Å². The largest absolute Gasteiger partial charge is 0.465 e. The van der Waals surface area contributed by atoms with Gasteiger partial charge in [-0.1, -0.05) is 48.2 Å². The molecule has 0 bridgehead atoms. The van der Waals surface area contributed by atoms with E-state index < -0.39 is 6.23 Å². The smallest absolute Gasteiger partial charge is 0.247 e. The maximum absolute atomic E-state index is 13.9. The number of para-hydroxylation sites is 1. The second-order valence-electron chi connectivity index (χ2n) is 6.73. The lowest BCUT2D eigenvalue weighted by molar-refractivity contribution is 0.266. The Morgan fingerprint density at radius 3 is 2.77 bits per heavy atom. The molecule has 6 nitrogen and oxygen atoms in total. The molecular formula is C23H17FN4O2S. The number of anilines is 1. The van der Waals surface area contributed by atoms with Crippen LogP contribution in [0.3, 0.4) is 0 Å². The lowest BCUT2D eigenvalue weighted by Crippen LogP contribution is -2.23. The number of hydrogen-bond acceptors (Lipinski definition) is 7. The van der Waals surface area contributed by atoms with Gasteiger partial charge in [0.15, 0.2) is 11.9 Å². The van der Waals surface area contributed by atoms with E-state index in [-0.39, 0.29) is 5.82 Å². The standard InChI is InChI=1S/C23H17FN4O2S/c24-18-9-3-1-6-15(18)14-31-23-26-22-21(27-28-23)17-8-2-4-10-19(17)25-20(30-22)12-11-16-7-5-13-29-16/h1-13,20,25H,14H2/b12-11+. The fraction of sp³-hybridized carbons (Fsp3) is 0.0870. The van der Waals surface area contributed by atoms with Crippen LogP contribution in [0.1, 0.15) is 11.3 Å². The quantitative estimate of drug-likeness (QED) is 0.423. The van der Waals surface area contributed by atoms with E-state index in [1.54, 1.807) is 24.5 Å². The third-order valence-electron chi connectivity index (χ3n) is 4.65. The van der Waals surface area contributed by atoms with E-state index in [0.29, 0.717) is 33.8 Å². The lowest BCUT2D eigenvalue weighted by atomic mass is 10.1. The molecule has 0 saturated carbocycles. The normalized spacial score (nSPS) is 14.9. The van der Waals surface area contributed by atoms with Gasteiger partial charge in [0.25, 0.3) is 0 Å². The highest BCUT2D eigenvalue weighted by Crippen LogP contribution is 2.36. The van der Waals surface area contributed by atoms with Gasteiger partial charge in [0, 0.05) is 17.0 Å². The van der Waals surface area contributed by atoms with Crippen LogP contribution in [0.5, 0.6) is 5.88 Å². The number of nitrogens with one attached hydrogen (secondary N) is 1.